The molecule has 1 aromatic carbocycles. The second-order valence-corrected chi connectivity index (χ2v) is 7.11. The topological polar surface area (TPSA) is 41.5 Å². The second-order valence-electron chi connectivity index (χ2n) is 7.11. The van der Waals surface area contributed by atoms with Crippen molar-refractivity contribution in [2.75, 3.05) is 26.7 Å². The number of likely N-dealkylation sites (N-methyl/N-ethyl adjacent to an activating group) is 1. The highest BCUT2D eigenvalue weighted by atomic mass is 16.5. The highest BCUT2D eigenvalue weighted by molar-refractivity contribution is 5.30. The molecular weight excluding hydrogens is 312 g/mol. The van der Waals surface area contributed by atoms with Crippen LogP contribution >= 0.6 is 0 Å². The van der Waals surface area contributed by atoms with E-state index in [0.29, 0.717) is 6.04 Å². The molecule has 3 rings (SSSR count). The van der Waals surface area contributed by atoms with Gasteiger partial charge in [0, 0.05) is 50.2 Å². The van der Waals surface area contributed by atoms with Crippen LogP contribution in [0.5, 0.6) is 5.75 Å². The van der Waals surface area contributed by atoms with Crippen LogP contribution in [0, 0.1) is 6.92 Å². The number of ether oxygens (including phenoxy) is 1. The summed E-state index contributed by atoms with van der Waals surface area (Å²) in [5, 5.41) is 0. The van der Waals surface area contributed by atoms with Crippen molar-refractivity contribution in [2.24, 2.45) is 0 Å². The first-order valence-corrected chi connectivity index (χ1v) is 8.98. The Labute approximate surface area is 150 Å². The monoisotopic (exact) mass is 340 g/mol. The molecular formula is C20H28N4O. The summed E-state index contributed by atoms with van der Waals surface area (Å²) in [6.45, 7) is 10.1. The van der Waals surface area contributed by atoms with E-state index in [-0.39, 0.29) is 6.10 Å². The van der Waals surface area contributed by atoms with Crippen LogP contribution in [0.4, 0.5) is 0 Å². The standard InChI is InChI=1S/C20H28N4O/c1-15(2)25-19-7-5-18(6-8-19)20-14-24(10-9-23(20)4)13-17-11-21-16(3)22-12-17/h5-8,11-12,15,20H,9-10,13-14H2,1-4H3/t20-/m1/s1. The number of benzene rings is 1. The normalized spacial score (nSPS) is 19.3. The molecule has 1 atom stereocenters. The van der Waals surface area contributed by atoms with E-state index in [2.05, 4.69) is 64.9 Å². The first-order chi connectivity index (χ1) is 12.0. The molecule has 134 valence electrons. The molecule has 2 aromatic rings. The Bertz CT molecular complexity index is 669. The van der Waals surface area contributed by atoms with E-state index >= 15 is 0 Å². The van der Waals surface area contributed by atoms with E-state index in [9.17, 15) is 0 Å². The number of piperazine rings is 1. The summed E-state index contributed by atoms with van der Waals surface area (Å²) in [6.07, 6.45) is 4.08. The van der Waals surface area contributed by atoms with Gasteiger partial charge in [-0.05, 0) is 45.5 Å². The van der Waals surface area contributed by atoms with Crippen molar-refractivity contribution in [3.63, 3.8) is 0 Å². The summed E-state index contributed by atoms with van der Waals surface area (Å²) in [4.78, 5) is 13.5. The average molecular weight is 340 g/mol. The zero-order valence-electron chi connectivity index (χ0n) is 15.6. The van der Waals surface area contributed by atoms with Crippen molar-refractivity contribution in [3.8, 4) is 5.75 Å². The van der Waals surface area contributed by atoms with Gasteiger partial charge in [0.1, 0.15) is 11.6 Å². The maximum Gasteiger partial charge on any atom is 0.125 e. The van der Waals surface area contributed by atoms with Gasteiger partial charge in [0.05, 0.1) is 6.10 Å². The lowest BCUT2D eigenvalue weighted by Gasteiger charge is -2.39. The van der Waals surface area contributed by atoms with Gasteiger partial charge in [0.15, 0.2) is 0 Å². The first kappa shape index (κ1) is 17.8. The Hall–Kier alpha value is -1.98. The quantitative estimate of drug-likeness (QED) is 0.837. The third-order valence-electron chi connectivity index (χ3n) is 4.61. The minimum absolute atomic E-state index is 0.204. The molecule has 1 aliphatic rings. The van der Waals surface area contributed by atoms with Crippen LogP contribution in [0.3, 0.4) is 0 Å². The Morgan fingerprint density at radius 3 is 2.44 bits per heavy atom. The largest absolute Gasteiger partial charge is 0.491 e. The molecule has 25 heavy (non-hydrogen) atoms. The van der Waals surface area contributed by atoms with Crippen molar-refractivity contribution in [1.82, 2.24) is 19.8 Å². The number of aromatic nitrogens is 2. The van der Waals surface area contributed by atoms with Gasteiger partial charge in [-0.25, -0.2) is 9.97 Å². The van der Waals surface area contributed by atoms with E-state index in [1.54, 1.807) is 0 Å². The van der Waals surface area contributed by atoms with Gasteiger partial charge in [-0.2, -0.15) is 0 Å². The van der Waals surface area contributed by atoms with E-state index < -0.39 is 0 Å². The van der Waals surface area contributed by atoms with Crippen LogP contribution < -0.4 is 4.74 Å². The van der Waals surface area contributed by atoms with Gasteiger partial charge in [0.25, 0.3) is 0 Å². The van der Waals surface area contributed by atoms with Crippen molar-refractivity contribution in [2.45, 2.75) is 39.5 Å². The zero-order chi connectivity index (χ0) is 17.8. The average Bonchev–Trinajstić information content (AvgIpc) is 2.59. The minimum Gasteiger partial charge on any atom is -0.491 e. The number of hydrogen-bond acceptors (Lipinski definition) is 5. The first-order valence-electron chi connectivity index (χ1n) is 8.98. The third kappa shape index (κ3) is 4.77. The smallest absolute Gasteiger partial charge is 0.125 e. The highest BCUT2D eigenvalue weighted by Gasteiger charge is 2.25. The molecule has 1 saturated heterocycles. The van der Waals surface area contributed by atoms with Crippen LogP contribution in [0.15, 0.2) is 36.7 Å². The molecule has 1 aromatic heterocycles. The third-order valence-corrected chi connectivity index (χ3v) is 4.61. The number of rotatable bonds is 5. The molecule has 5 heteroatoms. The predicted molar refractivity (Wildman–Crippen MR) is 99.6 cm³/mol. The summed E-state index contributed by atoms with van der Waals surface area (Å²) < 4.78 is 5.76. The van der Waals surface area contributed by atoms with Crippen molar-refractivity contribution < 1.29 is 4.74 Å². The Kier molecular flexibility index (Phi) is 5.66. The van der Waals surface area contributed by atoms with Gasteiger partial charge in [-0.15, -0.1) is 0 Å². The molecule has 0 saturated carbocycles. The number of aryl methyl sites for hydroxylation is 1. The summed E-state index contributed by atoms with van der Waals surface area (Å²) in [5.41, 5.74) is 2.51. The maximum atomic E-state index is 5.76. The fraction of sp³-hybridized carbons (Fsp3) is 0.500. The van der Waals surface area contributed by atoms with Crippen LogP contribution in [0.1, 0.15) is 36.8 Å². The SMILES string of the molecule is Cc1ncc(CN2CCN(C)[C@@H](c3ccc(OC(C)C)cc3)C2)cn1. The fourth-order valence-electron chi connectivity index (χ4n) is 3.23. The lowest BCUT2D eigenvalue weighted by molar-refractivity contribution is 0.0903. The van der Waals surface area contributed by atoms with E-state index in [1.807, 2.05) is 19.3 Å². The molecule has 0 radical (unpaired) electrons. The van der Waals surface area contributed by atoms with Crippen LogP contribution in [-0.2, 0) is 6.54 Å². The van der Waals surface area contributed by atoms with Gasteiger partial charge < -0.3 is 4.74 Å². The molecule has 2 heterocycles. The minimum atomic E-state index is 0.204. The van der Waals surface area contributed by atoms with Crippen LogP contribution in [-0.4, -0.2) is 52.6 Å². The Balaban J connectivity index is 1.66. The summed E-state index contributed by atoms with van der Waals surface area (Å²) in [5.74, 6) is 1.76. The molecule has 0 spiro atoms. The van der Waals surface area contributed by atoms with E-state index in [1.165, 1.54) is 11.1 Å². The van der Waals surface area contributed by atoms with Crippen LogP contribution in [0.25, 0.3) is 0 Å². The van der Waals surface area contributed by atoms with Crippen molar-refractivity contribution in [3.05, 3.63) is 53.6 Å². The lowest BCUT2D eigenvalue weighted by atomic mass is 10.0. The maximum absolute atomic E-state index is 5.76. The lowest BCUT2D eigenvalue weighted by Crippen LogP contribution is -2.46. The van der Waals surface area contributed by atoms with E-state index in [0.717, 1.165) is 37.8 Å². The fourth-order valence-corrected chi connectivity index (χ4v) is 3.23. The highest BCUT2D eigenvalue weighted by Crippen LogP contribution is 2.26. The summed E-state index contributed by atoms with van der Waals surface area (Å²) >= 11 is 0. The van der Waals surface area contributed by atoms with E-state index in [4.69, 9.17) is 4.74 Å². The summed E-state index contributed by atoms with van der Waals surface area (Å²) in [7, 11) is 2.20. The van der Waals surface area contributed by atoms with Gasteiger partial charge >= 0.3 is 0 Å². The van der Waals surface area contributed by atoms with Crippen LogP contribution in [0.2, 0.25) is 0 Å². The molecule has 0 aliphatic carbocycles. The molecule has 0 N–H and O–H groups in total. The molecule has 0 bridgehead atoms. The zero-order valence-corrected chi connectivity index (χ0v) is 15.6. The van der Waals surface area contributed by atoms with Gasteiger partial charge in [-0.3, -0.25) is 9.80 Å². The molecule has 1 aliphatic heterocycles. The molecule has 0 amide bonds. The predicted octanol–water partition coefficient (Wildman–Crippen LogP) is 3.06. The molecule has 5 nitrogen and oxygen atoms in total. The second kappa shape index (κ2) is 7.93. The summed E-state index contributed by atoms with van der Waals surface area (Å²) in [6, 6.07) is 8.94. The van der Waals surface area contributed by atoms with Gasteiger partial charge in [-0.1, -0.05) is 12.1 Å². The Morgan fingerprint density at radius 1 is 1.12 bits per heavy atom. The van der Waals surface area contributed by atoms with Crippen molar-refractivity contribution >= 4 is 0 Å². The number of hydrogen-bond donors (Lipinski definition) is 0. The molecule has 0 unspecified atom stereocenters. The van der Waals surface area contributed by atoms with Crippen molar-refractivity contribution in [1.29, 1.82) is 0 Å². The van der Waals surface area contributed by atoms with Gasteiger partial charge in [0.2, 0.25) is 0 Å². The number of nitrogens with zero attached hydrogens (tertiary/aromatic N) is 4. The Morgan fingerprint density at radius 2 is 1.80 bits per heavy atom. The molecule has 1 fully saturated rings.